The minimum absolute atomic E-state index is 0.105. The third kappa shape index (κ3) is 4.22. The number of allylic oxidation sites excluding steroid dienone is 3. The van der Waals surface area contributed by atoms with Gasteiger partial charge in [0.1, 0.15) is 17.2 Å². The Hall–Kier alpha value is -3.27. The van der Waals surface area contributed by atoms with Crippen LogP contribution in [0.5, 0.6) is 17.2 Å². The summed E-state index contributed by atoms with van der Waals surface area (Å²) in [5, 5.41) is 19.8. The average molecular weight is 350 g/mol. The molecule has 2 aromatic rings. The van der Waals surface area contributed by atoms with E-state index in [0.717, 1.165) is 0 Å². The summed E-state index contributed by atoms with van der Waals surface area (Å²) in [6.07, 6.45) is 7.42. The number of ketones is 1. The summed E-state index contributed by atoms with van der Waals surface area (Å²) in [6, 6.07) is 7.83. The van der Waals surface area contributed by atoms with Crippen molar-refractivity contribution in [3.8, 4) is 17.2 Å². The van der Waals surface area contributed by atoms with Crippen LogP contribution >= 0.6 is 0 Å². The van der Waals surface area contributed by atoms with E-state index in [0.29, 0.717) is 40.8 Å². The Morgan fingerprint density at radius 1 is 1.12 bits per heavy atom. The molecular weight excluding hydrogens is 328 g/mol. The Labute approximate surface area is 153 Å². The molecule has 2 aromatic carbocycles. The number of phenolic OH excluding ortho intramolecular Hbond substituents is 2. The van der Waals surface area contributed by atoms with Crippen molar-refractivity contribution in [2.45, 2.75) is 12.8 Å². The lowest BCUT2D eigenvalue weighted by Gasteiger charge is -2.15. The highest BCUT2D eigenvalue weighted by Crippen LogP contribution is 2.37. The van der Waals surface area contributed by atoms with E-state index in [1.807, 2.05) is 0 Å². The van der Waals surface area contributed by atoms with Crippen LogP contribution in [0.1, 0.15) is 27.0 Å². The summed E-state index contributed by atoms with van der Waals surface area (Å²) in [6.45, 7) is 7.43. The van der Waals surface area contributed by atoms with Crippen LogP contribution in [0.15, 0.2) is 61.7 Å². The molecule has 0 aliphatic heterocycles. The molecule has 0 fully saturated rings. The summed E-state index contributed by atoms with van der Waals surface area (Å²) in [5.74, 6) is 0.568. The van der Waals surface area contributed by atoms with Crippen LogP contribution in [0.25, 0.3) is 6.08 Å². The van der Waals surface area contributed by atoms with E-state index in [1.165, 1.54) is 25.3 Å². The molecule has 0 saturated heterocycles. The van der Waals surface area contributed by atoms with E-state index >= 15 is 0 Å². The first-order valence-corrected chi connectivity index (χ1v) is 8.16. The second kappa shape index (κ2) is 8.72. The molecule has 0 aromatic heterocycles. The molecule has 26 heavy (non-hydrogen) atoms. The first-order valence-electron chi connectivity index (χ1n) is 8.16. The lowest BCUT2D eigenvalue weighted by atomic mass is 9.97. The molecule has 0 spiro atoms. The van der Waals surface area contributed by atoms with Gasteiger partial charge in [-0.2, -0.15) is 0 Å². The molecule has 4 nitrogen and oxygen atoms in total. The number of hydrogen-bond donors (Lipinski definition) is 2. The Kier molecular flexibility index (Phi) is 6.39. The van der Waals surface area contributed by atoms with Crippen molar-refractivity contribution in [3.05, 3.63) is 84.0 Å². The van der Waals surface area contributed by atoms with Crippen LogP contribution in [0, 0.1) is 0 Å². The van der Waals surface area contributed by atoms with Gasteiger partial charge in [-0.15, -0.1) is 13.2 Å². The first kappa shape index (κ1) is 19.1. The number of hydrogen-bond acceptors (Lipinski definition) is 4. The molecule has 0 aliphatic carbocycles. The van der Waals surface area contributed by atoms with Crippen LogP contribution in [0.3, 0.4) is 0 Å². The fourth-order valence-corrected chi connectivity index (χ4v) is 2.69. The molecule has 0 bridgehead atoms. The van der Waals surface area contributed by atoms with Gasteiger partial charge in [0.05, 0.1) is 7.11 Å². The number of aromatic hydroxyl groups is 2. The maximum Gasteiger partial charge on any atom is 0.185 e. The number of carbonyl (C=O) groups excluding carboxylic acids is 1. The molecule has 0 unspecified atom stereocenters. The zero-order chi connectivity index (χ0) is 19.1. The standard InChI is InChI=1S/C22H22O4/c1-4-6-16-14-17(22(26-3)19(7-5-2)21(16)25)10-13-20(24)15-8-11-18(23)12-9-15/h4-5,8-14,23,25H,1-2,6-7H2,3H3/b13-10+. The average Bonchev–Trinajstić information content (AvgIpc) is 2.64. The maximum atomic E-state index is 12.3. The monoisotopic (exact) mass is 350 g/mol. The van der Waals surface area contributed by atoms with Gasteiger partial charge in [-0.25, -0.2) is 0 Å². The number of methoxy groups -OCH3 is 1. The largest absolute Gasteiger partial charge is 0.508 e. The third-order valence-corrected chi connectivity index (χ3v) is 3.94. The lowest BCUT2D eigenvalue weighted by molar-refractivity contribution is 0.104. The summed E-state index contributed by atoms with van der Waals surface area (Å²) in [5.41, 5.74) is 2.48. The van der Waals surface area contributed by atoms with Gasteiger partial charge in [0.2, 0.25) is 0 Å². The van der Waals surface area contributed by atoms with Gasteiger partial charge in [-0.05, 0) is 60.9 Å². The van der Waals surface area contributed by atoms with Crippen molar-refractivity contribution >= 4 is 11.9 Å². The van der Waals surface area contributed by atoms with Crippen LogP contribution in [0.4, 0.5) is 0 Å². The number of rotatable bonds is 8. The van der Waals surface area contributed by atoms with Gasteiger partial charge in [-0.3, -0.25) is 4.79 Å². The molecule has 4 heteroatoms. The summed E-state index contributed by atoms with van der Waals surface area (Å²) in [4.78, 5) is 12.3. The van der Waals surface area contributed by atoms with Gasteiger partial charge >= 0.3 is 0 Å². The molecule has 2 rings (SSSR count). The van der Waals surface area contributed by atoms with Gasteiger partial charge in [0.15, 0.2) is 5.78 Å². The van der Waals surface area contributed by atoms with Crippen LogP contribution < -0.4 is 4.74 Å². The van der Waals surface area contributed by atoms with Crippen molar-refractivity contribution in [1.82, 2.24) is 0 Å². The van der Waals surface area contributed by atoms with Crippen molar-refractivity contribution in [1.29, 1.82) is 0 Å². The Bertz CT molecular complexity index is 845. The molecular formula is C22H22O4. The van der Waals surface area contributed by atoms with Gasteiger partial charge in [0.25, 0.3) is 0 Å². The minimum Gasteiger partial charge on any atom is -0.508 e. The molecule has 2 N–H and O–H groups in total. The molecule has 0 radical (unpaired) electrons. The number of carbonyl (C=O) groups is 1. The maximum absolute atomic E-state index is 12.3. The van der Waals surface area contributed by atoms with Crippen molar-refractivity contribution < 1.29 is 19.7 Å². The highest BCUT2D eigenvalue weighted by atomic mass is 16.5. The second-order valence-corrected chi connectivity index (χ2v) is 5.72. The topological polar surface area (TPSA) is 66.8 Å². The van der Waals surface area contributed by atoms with E-state index in [1.54, 1.807) is 36.4 Å². The van der Waals surface area contributed by atoms with E-state index < -0.39 is 0 Å². The zero-order valence-corrected chi connectivity index (χ0v) is 14.7. The molecule has 0 saturated carbocycles. The summed E-state index contributed by atoms with van der Waals surface area (Å²) in [7, 11) is 1.52. The van der Waals surface area contributed by atoms with E-state index in [-0.39, 0.29) is 17.3 Å². The fraction of sp³-hybridized carbons (Fsp3) is 0.136. The Morgan fingerprint density at radius 3 is 2.35 bits per heavy atom. The molecule has 0 heterocycles. The van der Waals surface area contributed by atoms with Crippen LogP contribution in [-0.4, -0.2) is 23.1 Å². The molecule has 0 aliphatic rings. The van der Waals surface area contributed by atoms with Crippen LogP contribution in [-0.2, 0) is 12.8 Å². The van der Waals surface area contributed by atoms with Gasteiger partial charge in [-0.1, -0.05) is 12.2 Å². The predicted molar refractivity (Wildman–Crippen MR) is 104 cm³/mol. The zero-order valence-electron chi connectivity index (χ0n) is 14.7. The number of phenols is 2. The van der Waals surface area contributed by atoms with Crippen molar-refractivity contribution in [2.75, 3.05) is 7.11 Å². The fourth-order valence-electron chi connectivity index (χ4n) is 2.69. The Balaban J connectivity index is 2.46. The SMILES string of the molecule is C=CCc1cc(/C=C/C(=O)c2ccc(O)cc2)c(OC)c(CC=C)c1O. The van der Waals surface area contributed by atoms with Crippen molar-refractivity contribution in [3.63, 3.8) is 0 Å². The predicted octanol–water partition coefficient (Wildman–Crippen LogP) is 4.46. The van der Waals surface area contributed by atoms with Crippen LogP contribution in [0.2, 0.25) is 0 Å². The Morgan fingerprint density at radius 2 is 1.77 bits per heavy atom. The lowest BCUT2D eigenvalue weighted by Crippen LogP contribution is -1.99. The summed E-state index contributed by atoms with van der Waals surface area (Å²) < 4.78 is 5.47. The molecule has 0 amide bonds. The van der Waals surface area contributed by atoms with E-state index in [4.69, 9.17) is 4.74 Å². The molecule has 134 valence electrons. The number of benzene rings is 2. The highest BCUT2D eigenvalue weighted by Gasteiger charge is 2.16. The molecule has 0 atom stereocenters. The van der Waals surface area contributed by atoms with E-state index in [9.17, 15) is 15.0 Å². The van der Waals surface area contributed by atoms with Crippen molar-refractivity contribution in [2.24, 2.45) is 0 Å². The highest BCUT2D eigenvalue weighted by molar-refractivity contribution is 6.07. The van der Waals surface area contributed by atoms with E-state index in [2.05, 4.69) is 13.2 Å². The van der Waals surface area contributed by atoms with Gasteiger partial charge in [0, 0.05) is 16.7 Å². The number of ether oxygens (including phenoxy) is 1. The van der Waals surface area contributed by atoms with Gasteiger partial charge < -0.3 is 14.9 Å². The normalized spacial score (nSPS) is 10.7. The second-order valence-electron chi connectivity index (χ2n) is 5.72. The third-order valence-electron chi connectivity index (χ3n) is 3.94. The summed E-state index contributed by atoms with van der Waals surface area (Å²) >= 11 is 0. The smallest absolute Gasteiger partial charge is 0.185 e. The quantitative estimate of drug-likeness (QED) is 0.419. The first-order chi connectivity index (χ1) is 12.5. The minimum atomic E-state index is -0.198.